The molecule has 1 atom stereocenters. The highest BCUT2D eigenvalue weighted by molar-refractivity contribution is 5.92. The fourth-order valence-electron chi connectivity index (χ4n) is 3.11. The highest BCUT2D eigenvalue weighted by Gasteiger charge is 2.26. The molecule has 2 aromatic heterocycles. The smallest absolute Gasteiger partial charge is 0.272 e. The van der Waals surface area contributed by atoms with Gasteiger partial charge >= 0.3 is 0 Å². The van der Waals surface area contributed by atoms with E-state index in [-0.39, 0.29) is 5.91 Å². The number of nitrogens with zero attached hydrogens (tertiary/aromatic N) is 3. The zero-order chi connectivity index (χ0) is 15.5. The van der Waals surface area contributed by atoms with Crippen molar-refractivity contribution in [2.24, 2.45) is 5.92 Å². The van der Waals surface area contributed by atoms with Crippen molar-refractivity contribution < 1.29 is 4.79 Å². The number of hydrogen-bond donors (Lipinski definition) is 1. The zero-order valence-electron chi connectivity index (χ0n) is 13.2. The molecule has 1 aliphatic rings. The Balaban J connectivity index is 1.67. The lowest BCUT2D eigenvalue weighted by Gasteiger charge is -2.32. The zero-order valence-corrected chi connectivity index (χ0v) is 13.2. The van der Waals surface area contributed by atoms with Crippen molar-refractivity contribution in [2.75, 3.05) is 13.1 Å². The van der Waals surface area contributed by atoms with Gasteiger partial charge < -0.3 is 4.90 Å². The van der Waals surface area contributed by atoms with Crippen molar-refractivity contribution in [3.8, 4) is 0 Å². The lowest BCUT2D eigenvalue weighted by atomic mass is 9.92. The van der Waals surface area contributed by atoms with Crippen LogP contribution in [0.4, 0.5) is 0 Å². The van der Waals surface area contributed by atoms with Crippen LogP contribution in [0.25, 0.3) is 0 Å². The third kappa shape index (κ3) is 3.18. The van der Waals surface area contributed by atoms with Crippen molar-refractivity contribution in [1.82, 2.24) is 20.1 Å². The molecule has 116 valence electrons. The minimum absolute atomic E-state index is 0.0507. The Morgan fingerprint density at radius 2 is 2.27 bits per heavy atom. The number of aryl methyl sites for hydroxylation is 2. The van der Waals surface area contributed by atoms with Gasteiger partial charge in [0.25, 0.3) is 5.91 Å². The van der Waals surface area contributed by atoms with Gasteiger partial charge in [-0.3, -0.25) is 9.89 Å². The van der Waals surface area contributed by atoms with Crippen LogP contribution in [0.15, 0.2) is 24.4 Å². The predicted molar refractivity (Wildman–Crippen MR) is 84.6 cm³/mol. The maximum atomic E-state index is 12.6. The van der Waals surface area contributed by atoms with Crippen LogP contribution in [0.2, 0.25) is 0 Å². The molecule has 2 aromatic rings. The molecule has 0 saturated carbocycles. The minimum atomic E-state index is 0.0507. The van der Waals surface area contributed by atoms with Crippen molar-refractivity contribution in [2.45, 2.75) is 33.1 Å². The Bertz CT molecular complexity index is 664. The maximum Gasteiger partial charge on any atom is 0.272 e. The average Bonchev–Trinajstić information content (AvgIpc) is 2.92. The number of H-pyrrole nitrogens is 1. The lowest BCUT2D eigenvalue weighted by Crippen LogP contribution is -2.41. The van der Waals surface area contributed by atoms with Gasteiger partial charge in [-0.25, -0.2) is 4.98 Å². The average molecular weight is 298 g/mol. The Labute approximate surface area is 130 Å². The Kier molecular flexibility index (Phi) is 4.22. The number of likely N-dealkylation sites (tertiary alicyclic amines) is 1. The second kappa shape index (κ2) is 6.30. The van der Waals surface area contributed by atoms with Gasteiger partial charge in [0, 0.05) is 24.5 Å². The molecule has 22 heavy (non-hydrogen) atoms. The number of nitrogens with one attached hydrogen (secondary N) is 1. The molecule has 0 aromatic carbocycles. The quantitative estimate of drug-likeness (QED) is 0.947. The number of amides is 1. The van der Waals surface area contributed by atoms with E-state index in [9.17, 15) is 4.79 Å². The topological polar surface area (TPSA) is 61.9 Å². The molecule has 1 saturated heterocycles. The SMILES string of the molecule is Cc1cccc(C(=O)N2CCCC(Cc3[nH]ncc3C)C2)n1. The molecule has 0 bridgehead atoms. The van der Waals surface area contributed by atoms with E-state index in [0.29, 0.717) is 11.6 Å². The number of aromatic nitrogens is 3. The van der Waals surface area contributed by atoms with Crippen molar-refractivity contribution in [1.29, 1.82) is 0 Å². The first kappa shape index (κ1) is 14.8. The molecule has 1 aliphatic heterocycles. The Morgan fingerprint density at radius 3 is 3.00 bits per heavy atom. The molecule has 0 aliphatic carbocycles. The number of carbonyl (C=O) groups is 1. The van der Waals surface area contributed by atoms with Gasteiger partial charge in [0.2, 0.25) is 0 Å². The van der Waals surface area contributed by atoms with Crippen molar-refractivity contribution in [3.63, 3.8) is 0 Å². The summed E-state index contributed by atoms with van der Waals surface area (Å²) in [5, 5.41) is 7.15. The van der Waals surface area contributed by atoms with Crippen molar-refractivity contribution in [3.05, 3.63) is 47.0 Å². The molecule has 1 N–H and O–H groups in total. The summed E-state index contributed by atoms with van der Waals surface area (Å²) in [4.78, 5) is 18.9. The number of pyridine rings is 1. The van der Waals surface area contributed by atoms with E-state index in [1.165, 1.54) is 11.3 Å². The second-order valence-corrected chi connectivity index (χ2v) is 6.16. The first-order valence-corrected chi connectivity index (χ1v) is 7.85. The summed E-state index contributed by atoms with van der Waals surface area (Å²) < 4.78 is 0. The van der Waals surface area contributed by atoms with Gasteiger partial charge in [0.1, 0.15) is 5.69 Å². The lowest BCUT2D eigenvalue weighted by molar-refractivity contribution is 0.0666. The summed E-state index contributed by atoms with van der Waals surface area (Å²) in [6.07, 6.45) is 5.02. The molecule has 1 unspecified atom stereocenters. The summed E-state index contributed by atoms with van der Waals surface area (Å²) in [5.41, 5.74) is 3.82. The first-order valence-electron chi connectivity index (χ1n) is 7.85. The van der Waals surface area contributed by atoms with Crippen LogP contribution in [0.5, 0.6) is 0 Å². The molecular weight excluding hydrogens is 276 g/mol. The van der Waals surface area contributed by atoms with Crippen LogP contribution < -0.4 is 0 Å². The van der Waals surface area contributed by atoms with Gasteiger partial charge in [0.15, 0.2) is 0 Å². The Hall–Kier alpha value is -2.17. The van der Waals surface area contributed by atoms with Gasteiger partial charge in [-0.05, 0) is 56.7 Å². The van der Waals surface area contributed by atoms with Gasteiger partial charge in [-0.1, -0.05) is 6.07 Å². The van der Waals surface area contributed by atoms with Crippen LogP contribution in [0, 0.1) is 19.8 Å². The van der Waals surface area contributed by atoms with E-state index >= 15 is 0 Å². The molecule has 5 heteroatoms. The number of hydrogen-bond acceptors (Lipinski definition) is 3. The van der Waals surface area contributed by atoms with Gasteiger partial charge in [-0.15, -0.1) is 0 Å². The van der Waals surface area contributed by atoms with E-state index in [4.69, 9.17) is 0 Å². The van der Waals surface area contributed by atoms with E-state index < -0.39 is 0 Å². The van der Waals surface area contributed by atoms with E-state index in [1.54, 1.807) is 6.07 Å². The largest absolute Gasteiger partial charge is 0.337 e. The standard InChI is InChI=1S/C17H22N4O/c1-12-10-18-20-16(12)9-14-6-4-8-21(11-14)17(22)15-7-3-5-13(2)19-15/h3,5,7,10,14H,4,6,8-9,11H2,1-2H3,(H,18,20). The molecule has 3 rings (SSSR count). The highest BCUT2D eigenvalue weighted by Crippen LogP contribution is 2.22. The molecular formula is C17H22N4O. The van der Waals surface area contributed by atoms with Gasteiger partial charge in [-0.2, -0.15) is 5.10 Å². The number of rotatable bonds is 3. The normalized spacial score (nSPS) is 18.5. The number of carbonyl (C=O) groups excluding carboxylic acids is 1. The number of piperidine rings is 1. The van der Waals surface area contributed by atoms with Crippen LogP contribution in [0.1, 0.15) is 40.3 Å². The van der Waals surface area contributed by atoms with E-state index in [0.717, 1.165) is 38.0 Å². The monoisotopic (exact) mass is 298 g/mol. The third-order valence-electron chi connectivity index (χ3n) is 4.34. The molecule has 0 radical (unpaired) electrons. The van der Waals surface area contributed by atoms with E-state index in [2.05, 4.69) is 22.1 Å². The molecule has 0 spiro atoms. The van der Waals surface area contributed by atoms with Crippen molar-refractivity contribution >= 4 is 5.91 Å². The van der Waals surface area contributed by atoms with E-state index in [1.807, 2.05) is 30.2 Å². The van der Waals surface area contributed by atoms with Crippen LogP contribution >= 0.6 is 0 Å². The van der Waals surface area contributed by atoms with Gasteiger partial charge in [0.05, 0.1) is 6.20 Å². The third-order valence-corrected chi connectivity index (χ3v) is 4.34. The highest BCUT2D eigenvalue weighted by atomic mass is 16.2. The summed E-state index contributed by atoms with van der Waals surface area (Å²) in [6, 6.07) is 5.61. The predicted octanol–water partition coefficient (Wildman–Crippen LogP) is 2.52. The summed E-state index contributed by atoms with van der Waals surface area (Å²) >= 11 is 0. The number of aromatic amines is 1. The molecule has 3 heterocycles. The summed E-state index contributed by atoms with van der Waals surface area (Å²) in [5.74, 6) is 0.538. The minimum Gasteiger partial charge on any atom is -0.337 e. The van der Waals surface area contributed by atoms with Crippen LogP contribution in [0.3, 0.4) is 0 Å². The fraction of sp³-hybridized carbons (Fsp3) is 0.471. The summed E-state index contributed by atoms with van der Waals surface area (Å²) in [7, 11) is 0. The molecule has 5 nitrogen and oxygen atoms in total. The Morgan fingerprint density at radius 1 is 1.41 bits per heavy atom. The maximum absolute atomic E-state index is 12.6. The summed E-state index contributed by atoms with van der Waals surface area (Å²) in [6.45, 7) is 5.61. The second-order valence-electron chi connectivity index (χ2n) is 6.16. The van der Waals surface area contributed by atoms with Crippen LogP contribution in [-0.2, 0) is 6.42 Å². The first-order chi connectivity index (χ1) is 10.6. The fourth-order valence-corrected chi connectivity index (χ4v) is 3.11. The molecule has 1 fully saturated rings. The molecule has 1 amide bonds. The van der Waals surface area contributed by atoms with Crippen LogP contribution in [-0.4, -0.2) is 39.1 Å².